The highest BCUT2D eigenvalue weighted by Gasteiger charge is 2.42. The van der Waals surface area contributed by atoms with Gasteiger partial charge in [0.15, 0.2) is 0 Å². The Bertz CT molecular complexity index is 1510. The summed E-state index contributed by atoms with van der Waals surface area (Å²) in [5, 5.41) is 0.608. The van der Waals surface area contributed by atoms with Crippen LogP contribution in [0.25, 0.3) is 11.1 Å². The van der Waals surface area contributed by atoms with Crippen LogP contribution in [0.15, 0.2) is 72.8 Å². The molecule has 3 heterocycles. The van der Waals surface area contributed by atoms with Gasteiger partial charge in [-0.05, 0) is 24.3 Å². The number of carbonyl (C=O) groups excluding carboxylic acids is 4. The van der Waals surface area contributed by atoms with Gasteiger partial charge in [0.05, 0.1) is 33.8 Å². The summed E-state index contributed by atoms with van der Waals surface area (Å²) in [6.45, 7) is 0.822. The van der Waals surface area contributed by atoms with Crippen LogP contribution in [0.1, 0.15) is 21.5 Å². The zero-order valence-electron chi connectivity index (χ0n) is 19.1. The number of ketones is 1. The summed E-state index contributed by atoms with van der Waals surface area (Å²) in [5.74, 6) is -1.63. The van der Waals surface area contributed by atoms with Gasteiger partial charge in [0, 0.05) is 36.1 Å². The van der Waals surface area contributed by atoms with Crippen molar-refractivity contribution in [3.63, 3.8) is 0 Å². The van der Waals surface area contributed by atoms with Gasteiger partial charge in [0.1, 0.15) is 0 Å². The zero-order valence-corrected chi connectivity index (χ0v) is 20.7. The number of nitrogens with zero attached hydrogens (tertiary/aromatic N) is 3. The Labute approximate surface area is 215 Å². The summed E-state index contributed by atoms with van der Waals surface area (Å²) in [5.41, 5.74) is 4.57. The summed E-state index contributed by atoms with van der Waals surface area (Å²) >= 11 is 3.42. The second kappa shape index (κ2) is 8.57. The first-order chi connectivity index (χ1) is 17.5. The number of rotatable bonds is 5. The third kappa shape index (κ3) is 3.18. The molecule has 0 aromatic heterocycles. The molecule has 3 aliphatic rings. The number of halogens is 1. The van der Waals surface area contributed by atoms with E-state index < -0.39 is 11.7 Å². The molecule has 0 aliphatic carbocycles. The Morgan fingerprint density at radius 2 is 0.889 bits per heavy atom. The highest BCUT2D eigenvalue weighted by molar-refractivity contribution is 9.09. The molecule has 3 aromatic carbocycles. The van der Waals surface area contributed by atoms with Crippen LogP contribution in [0.2, 0.25) is 0 Å². The fourth-order valence-corrected chi connectivity index (χ4v) is 5.60. The van der Waals surface area contributed by atoms with Crippen molar-refractivity contribution in [1.82, 2.24) is 0 Å². The normalized spacial score (nSPS) is 18.3. The largest absolute Gasteiger partial charge is 0.307 e. The van der Waals surface area contributed by atoms with Crippen LogP contribution in [-0.4, -0.2) is 48.5 Å². The van der Waals surface area contributed by atoms with Crippen molar-refractivity contribution in [2.45, 2.75) is 0 Å². The number of carbonyl (C=O) groups is 4. The molecule has 3 aliphatic heterocycles. The average Bonchev–Trinajstić information content (AvgIpc) is 3.43. The van der Waals surface area contributed by atoms with Crippen molar-refractivity contribution in [1.29, 1.82) is 0 Å². The summed E-state index contributed by atoms with van der Waals surface area (Å²) in [6.07, 6.45) is 0. The first-order valence-electron chi connectivity index (χ1n) is 11.6. The standard InChI is InChI=1S/C28H20BrN3O4/c29-13-14-30-20-10-4-1-7-17(20)23(26(30)34)24-18-8-2-5-11-21(18)31(27(24)35)15-16-32-22-12-6-3-9-19(22)25(33)28(32)36/h1-12H,13-16H2/b24-23-. The predicted molar refractivity (Wildman–Crippen MR) is 141 cm³/mol. The zero-order chi connectivity index (χ0) is 25.0. The number of Topliss-reactive ketones (excluding diaryl/α,β-unsaturated/α-hetero) is 1. The van der Waals surface area contributed by atoms with Crippen molar-refractivity contribution in [2.24, 2.45) is 0 Å². The smallest absolute Gasteiger partial charge is 0.299 e. The maximum Gasteiger partial charge on any atom is 0.299 e. The van der Waals surface area contributed by atoms with E-state index >= 15 is 0 Å². The lowest BCUT2D eigenvalue weighted by atomic mass is 9.96. The van der Waals surface area contributed by atoms with Gasteiger partial charge in [0.2, 0.25) is 0 Å². The number of hydrogen-bond acceptors (Lipinski definition) is 4. The van der Waals surface area contributed by atoms with Crippen LogP contribution in [-0.2, 0) is 14.4 Å². The molecular formula is C28H20BrN3O4. The van der Waals surface area contributed by atoms with Crippen LogP contribution in [0.5, 0.6) is 0 Å². The van der Waals surface area contributed by atoms with Crippen molar-refractivity contribution >= 4 is 67.6 Å². The molecular weight excluding hydrogens is 522 g/mol. The van der Waals surface area contributed by atoms with Gasteiger partial charge in [-0.25, -0.2) is 0 Å². The highest BCUT2D eigenvalue weighted by atomic mass is 79.9. The molecule has 0 radical (unpaired) electrons. The maximum atomic E-state index is 13.9. The van der Waals surface area contributed by atoms with Gasteiger partial charge in [0.25, 0.3) is 23.5 Å². The molecule has 0 saturated carbocycles. The van der Waals surface area contributed by atoms with E-state index in [9.17, 15) is 19.2 Å². The Balaban J connectivity index is 1.40. The third-order valence-corrected chi connectivity index (χ3v) is 7.19. The van der Waals surface area contributed by atoms with Crippen molar-refractivity contribution in [2.75, 3.05) is 39.7 Å². The topological polar surface area (TPSA) is 78.0 Å². The van der Waals surface area contributed by atoms with E-state index in [0.717, 1.165) is 11.3 Å². The maximum absolute atomic E-state index is 13.9. The Kier molecular flexibility index (Phi) is 5.34. The van der Waals surface area contributed by atoms with Crippen molar-refractivity contribution in [3.05, 3.63) is 89.5 Å². The number of benzene rings is 3. The summed E-state index contributed by atoms with van der Waals surface area (Å²) in [7, 11) is 0. The van der Waals surface area contributed by atoms with Crippen LogP contribution < -0.4 is 14.7 Å². The number of para-hydroxylation sites is 3. The Hall–Kier alpha value is -4.04. The van der Waals surface area contributed by atoms with Gasteiger partial charge < -0.3 is 14.7 Å². The first-order valence-corrected chi connectivity index (χ1v) is 12.7. The van der Waals surface area contributed by atoms with Crippen LogP contribution in [0.4, 0.5) is 17.1 Å². The minimum absolute atomic E-state index is 0.157. The molecule has 178 valence electrons. The van der Waals surface area contributed by atoms with E-state index in [1.165, 1.54) is 4.90 Å². The minimum Gasteiger partial charge on any atom is -0.307 e. The monoisotopic (exact) mass is 541 g/mol. The third-order valence-electron chi connectivity index (χ3n) is 6.83. The van der Waals surface area contributed by atoms with Gasteiger partial charge in [-0.3, -0.25) is 19.2 Å². The molecule has 7 nitrogen and oxygen atoms in total. The molecule has 36 heavy (non-hydrogen) atoms. The van der Waals surface area contributed by atoms with Gasteiger partial charge in [-0.1, -0.05) is 64.5 Å². The predicted octanol–water partition coefficient (Wildman–Crippen LogP) is 3.92. The van der Waals surface area contributed by atoms with Gasteiger partial charge in [-0.2, -0.15) is 0 Å². The van der Waals surface area contributed by atoms with E-state index in [1.54, 1.807) is 34.1 Å². The fraction of sp³-hybridized carbons (Fsp3) is 0.143. The Morgan fingerprint density at radius 3 is 1.39 bits per heavy atom. The van der Waals surface area contributed by atoms with E-state index in [4.69, 9.17) is 0 Å². The average molecular weight is 542 g/mol. The number of amides is 3. The second-order valence-electron chi connectivity index (χ2n) is 8.69. The lowest BCUT2D eigenvalue weighted by molar-refractivity contribution is -0.115. The summed E-state index contributed by atoms with van der Waals surface area (Å²) in [4.78, 5) is 57.2. The molecule has 0 N–H and O–H groups in total. The van der Waals surface area contributed by atoms with E-state index in [0.29, 0.717) is 45.5 Å². The molecule has 0 fully saturated rings. The van der Waals surface area contributed by atoms with Crippen molar-refractivity contribution in [3.8, 4) is 0 Å². The SMILES string of the molecule is O=C1C(=O)N(CCN2C(=O)/C(=C3\C(=O)N(CCBr)c4ccccc43)c3ccccc32)c2ccccc21. The first kappa shape index (κ1) is 22.4. The number of fused-ring (bicyclic) bond motifs is 3. The molecule has 3 aromatic rings. The van der Waals surface area contributed by atoms with Crippen LogP contribution in [0.3, 0.4) is 0 Å². The molecule has 0 atom stereocenters. The second-order valence-corrected chi connectivity index (χ2v) is 9.48. The molecule has 3 amide bonds. The fourth-order valence-electron chi connectivity index (χ4n) is 5.24. The number of alkyl halides is 1. The quantitative estimate of drug-likeness (QED) is 0.278. The van der Waals surface area contributed by atoms with Crippen molar-refractivity contribution < 1.29 is 19.2 Å². The van der Waals surface area contributed by atoms with E-state index in [-0.39, 0.29) is 24.9 Å². The minimum atomic E-state index is -0.597. The highest BCUT2D eigenvalue weighted by Crippen LogP contribution is 2.46. The lowest BCUT2D eigenvalue weighted by Crippen LogP contribution is -2.39. The van der Waals surface area contributed by atoms with E-state index in [1.807, 2.05) is 48.5 Å². The Morgan fingerprint density at radius 1 is 0.500 bits per heavy atom. The molecule has 0 saturated heterocycles. The van der Waals surface area contributed by atoms with Gasteiger partial charge in [-0.15, -0.1) is 0 Å². The summed E-state index contributed by atoms with van der Waals surface area (Å²) in [6, 6.07) is 21.7. The molecule has 6 rings (SSSR count). The van der Waals surface area contributed by atoms with Crippen LogP contribution >= 0.6 is 15.9 Å². The van der Waals surface area contributed by atoms with Gasteiger partial charge >= 0.3 is 0 Å². The molecule has 0 bridgehead atoms. The van der Waals surface area contributed by atoms with Crippen LogP contribution in [0, 0.1) is 0 Å². The number of hydrogen-bond donors (Lipinski definition) is 0. The number of anilines is 3. The van der Waals surface area contributed by atoms with E-state index in [2.05, 4.69) is 15.9 Å². The summed E-state index contributed by atoms with van der Waals surface area (Å²) < 4.78 is 0. The molecule has 8 heteroatoms. The molecule has 0 unspecified atom stereocenters. The molecule has 0 spiro atoms. The lowest BCUT2D eigenvalue weighted by Gasteiger charge is -2.22.